The molecule has 0 bridgehead atoms. The molecule has 1 N–H and O–H groups in total. The van der Waals surface area contributed by atoms with Crippen LogP contribution in [0.5, 0.6) is 0 Å². The number of hydrogen-bond acceptors (Lipinski definition) is 3. The summed E-state index contributed by atoms with van der Waals surface area (Å²) in [6.45, 7) is 0. The quantitative estimate of drug-likeness (QED) is 0.622. The third-order valence-electron chi connectivity index (χ3n) is 1.02. The van der Waals surface area contributed by atoms with Crippen LogP contribution in [0.1, 0.15) is 0 Å². The van der Waals surface area contributed by atoms with Gasteiger partial charge in [-0.05, 0) is 22.0 Å². The predicted molar refractivity (Wildman–Crippen MR) is 47.1 cm³/mol. The van der Waals surface area contributed by atoms with Crippen molar-refractivity contribution in [2.24, 2.45) is 0 Å². The third kappa shape index (κ3) is 2.20. The zero-order chi connectivity index (χ0) is 8.27. The predicted octanol–water partition coefficient (Wildman–Crippen LogP) is 1.56. The van der Waals surface area contributed by atoms with Crippen molar-refractivity contribution in [2.45, 2.75) is 4.90 Å². The molecule has 0 aliphatic carbocycles. The summed E-state index contributed by atoms with van der Waals surface area (Å²) in [5, 5.41) is 6.75. The van der Waals surface area contributed by atoms with Gasteiger partial charge in [0.15, 0.2) is 0 Å². The molecule has 0 saturated carbocycles. The molecule has 0 saturated heterocycles. The summed E-state index contributed by atoms with van der Waals surface area (Å²) >= 11 is 3.19. The van der Waals surface area contributed by atoms with Crippen molar-refractivity contribution in [2.75, 3.05) is 0 Å². The van der Waals surface area contributed by atoms with Crippen LogP contribution >= 0.6 is 15.9 Å². The second-order valence-corrected chi connectivity index (χ2v) is 3.97. The number of hydrogen-bond donors (Lipinski definition) is 1. The van der Waals surface area contributed by atoms with Crippen molar-refractivity contribution in [3.8, 4) is 0 Å². The van der Waals surface area contributed by atoms with Crippen molar-refractivity contribution >= 4 is 32.3 Å². The van der Waals surface area contributed by atoms with Gasteiger partial charge in [-0.3, -0.25) is 10.4 Å². The lowest BCUT2D eigenvalue weighted by molar-refractivity contribution is 0.690. The number of nitrogens with one attached hydrogen (secondary N) is 1. The largest absolute Gasteiger partial charge is 0.299 e. The topological polar surface area (TPSA) is 53.8 Å². The first-order valence-electron chi connectivity index (χ1n) is 2.76. The van der Waals surface area contributed by atoms with E-state index in [-0.39, 0.29) is 0 Å². The lowest BCUT2D eigenvalue weighted by atomic mass is 10.5. The molecule has 1 heterocycles. The molecule has 3 nitrogen and oxygen atoms in total. The molecule has 0 amide bonds. The number of pyridine rings is 1. The SMILES string of the molecule is N=CS(=O)c1cncc(Br)c1. The van der Waals surface area contributed by atoms with Gasteiger partial charge in [-0.1, -0.05) is 0 Å². The highest BCUT2D eigenvalue weighted by molar-refractivity contribution is 9.10. The molecule has 11 heavy (non-hydrogen) atoms. The maximum Gasteiger partial charge on any atom is 0.0970 e. The molecule has 58 valence electrons. The van der Waals surface area contributed by atoms with E-state index in [1.54, 1.807) is 12.3 Å². The third-order valence-corrected chi connectivity index (χ3v) is 2.35. The van der Waals surface area contributed by atoms with E-state index in [0.717, 1.165) is 10.0 Å². The highest BCUT2D eigenvalue weighted by atomic mass is 79.9. The minimum Gasteiger partial charge on any atom is -0.299 e. The summed E-state index contributed by atoms with van der Waals surface area (Å²) in [7, 11) is -1.35. The highest BCUT2D eigenvalue weighted by Gasteiger charge is 1.99. The van der Waals surface area contributed by atoms with E-state index in [9.17, 15) is 4.21 Å². The first-order chi connectivity index (χ1) is 5.24. The summed E-state index contributed by atoms with van der Waals surface area (Å²) in [5.41, 5.74) is 0.878. The maximum absolute atomic E-state index is 11.0. The van der Waals surface area contributed by atoms with Crippen LogP contribution in [0, 0.1) is 5.41 Å². The van der Waals surface area contributed by atoms with Gasteiger partial charge in [-0.15, -0.1) is 0 Å². The minimum atomic E-state index is -1.35. The Kier molecular flexibility index (Phi) is 2.90. The van der Waals surface area contributed by atoms with Gasteiger partial charge in [0.05, 0.1) is 21.2 Å². The number of halogens is 1. The summed E-state index contributed by atoms with van der Waals surface area (Å²) < 4.78 is 11.7. The monoisotopic (exact) mass is 232 g/mol. The molecule has 0 aromatic carbocycles. The lowest BCUT2D eigenvalue weighted by Gasteiger charge is -1.93. The number of aromatic nitrogens is 1. The molecular formula is C6H5BrN2OS. The Morgan fingerprint density at radius 2 is 2.36 bits per heavy atom. The van der Waals surface area contributed by atoms with Crippen LogP contribution < -0.4 is 0 Å². The Bertz CT molecular complexity index is 302. The molecule has 1 aromatic rings. The fourth-order valence-corrected chi connectivity index (χ4v) is 1.63. The molecular weight excluding hydrogens is 228 g/mol. The summed E-state index contributed by atoms with van der Waals surface area (Å²) in [4.78, 5) is 4.35. The Balaban J connectivity index is 3.05. The second-order valence-electron chi connectivity index (χ2n) is 1.75. The van der Waals surface area contributed by atoms with E-state index in [2.05, 4.69) is 20.9 Å². The number of nitrogens with zero attached hydrogens (tertiary/aromatic N) is 1. The fourth-order valence-electron chi connectivity index (χ4n) is 0.570. The molecule has 0 aliphatic rings. The highest BCUT2D eigenvalue weighted by Crippen LogP contribution is 2.11. The average Bonchev–Trinajstić information content (AvgIpc) is 2.03. The standard InChI is InChI=1S/C6H5BrN2OS/c7-5-1-6(3-9-2-5)11(10)4-8/h1-4,8H. The average molecular weight is 233 g/mol. The normalized spacial score (nSPS) is 12.5. The van der Waals surface area contributed by atoms with Crippen LogP contribution in [0.3, 0.4) is 0 Å². The molecule has 0 aliphatic heterocycles. The fraction of sp³-hybridized carbons (Fsp3) is 0. The van der Waals surface area contributed by atoms with Gasteiger partial charge in [-0.2, -0.15) is 0 Å². The Morgan fingerprint density at radius 3 is 2.91 bits per heavy atom. The zero-order valence-electron chi connectivity index (χ0n) is 5.45. The van der Waals surface area contributed by atoms with Gasteiger partial charge < -0.3 is 0 Å². The van der Waals surface area contributed by atoms with Crippen molar-refractivity contribution < 1.29 is 4.21 Å². The van der Waals surface area contributed by atoms with E-state index in [4.69, 9.17) is 5.41 Å². The van der Waals surface area contributed by atoms with Crippen molar-refractivity contribution in [3.63, 3.8) is 0 Å². The molecule has 0 radical (unpaired) electrons. The molecule has 5 heteroatoms. The summed E-state index contributed by atoms with van der Waals surface area (Å²) in [6.07, 6.45) is 3.08. The van der Waals surface area contributed by atoms with Gasteiger partial charge in [0.25, 0.3) is 0 Å². The molecule has 1 rings (SSSR count). The molecule has 0 spiro atoms. The molecule has 1 unspecified atom stereocenters. The van der Waals surface area contributed by atoms with Crippen molar-refractivity contribution in [1.82, 2.24) is 4.98 Å². The first kappa shape index (κ1) is 8.55. The Hall–Kier alpha value is -0.550. The molecule has 0 fully saturated rings. The minimum absolute atomic E-state index is 0.536. The summed E-state index contributed by atoms with van der Waals surface area (Å²) in [5.74, 6) is 0. The zero-order valence-corrected chi connectivity index (χ0v) is 7.85. The van der Waals surface area contributed by atoms with E-state index in [0.29, 0.717) is 4.90 Å². The van der Waals surface area contributed by atoms with Crippen LogP contribution in [0.15, 0.2) is 27.8 Å². The van der Waals surface area contributed by atoms with Crippen LogP contribution in [0.2, 0.25) is 0 Å². The summed E-state index contributed by atoms with van der Waals surface area (Å²) in [6, 6.07) is 1.67. The van der Waals surface area contributed by atoms with Crippen molar-refractivity contribution in [3.05, 3.63) is 22.9 Å². The molecule has 1 aromatic heterocycles. The van der Waals surface area contributed by atoms with Crippen LogP contribution in [0.4, 0.5) is 0 Å². The van der Waals surface area contributed by atoms with Crippen LogP contribution in [0.25, 0.3) is 0 Å². The van der Waals surface area contributed by atoms with Gasteiger partial charge in [-0.25, -0.2) is 4.21 Å². The van der Waals surface area contributed by atoms with Crippen molar-refractivity contribution in [1.29, 1.82) is 5.41 Å². The van der Waals surface area contributed by atoms with E-state index in [1.165, 1.54) is 6.20 Å². The number of rotatable bonds is 2. The van der Waals surface area contributed by atoms with E-state index < -0.39 is 10.8 Å². The Morgan fingerprint density at radius 1 is 1.64 bits per heavy atom. The van der Waals surface area contributed by atoms with Gasteiger partial charge in [0.2, 0.25) is 0 Å². The van der Waals surface area contributed by atoms with Gasteiger partial charge >= 0.3 is 0 Å². The van der Waals surface area contributed by atoms with Crippen LogP contribution in [-0.4, -0.2) is 14.7 Å². The second kappa shape index (κ2) is 3.73. The smallest absolute Gasteiger partial charge is 0.0970 e. The van der Waals surface area contributed by atoms with Crippen LogP contribution in [-0.2, 0) is 10.8 Å². The lowest BCUT2D eigenvalue weighted by Crippen LogP contribution is -1.91. The molecule has 1 atom stereocenters. The van der Waals surface area contributed by atoms with Gasteiger partial charge in [0, 0.05) is 16.9 Å². The maximum atomic E-state index is 11.0. The van der Waals surface area contributed by atoms with Gasteiger partial charge in [0.1, 0.15) is 0 Å². The Labute approximate surface area is 74.9 Å². The van der Waals surface area contributed by atoms with E-state index in [1.807, 2.05) is 0 Å². The first-order valence-corrected chi connectivity index (χ1v) is 4.76. The van der Waals surface area contributed by atoms with E-state index >= 15 is 0 Å².